The lowest BCUT2D eigenvalue weighted by Gasteiger charge is -2.15. The number of carbonyl (C=O) groups excluding carboxylic acids is 1. The van der Waals surface area contributed by atoms with Gasteiger partial charge in [-0.3, -0.25) is 9.79 Å². The number of nitrogens with zero attached hydrogens (tertiary/aromatic N) is 2. The van der Waals surface area contributed by atoms with E-state index in [2.05, 4.69) is 15.3 Å². The number of aliphatic imine (C=N–C) groups is 1. The Balaban J connectivity index is 1.95. The summed E-state index contributed by atoms with van der Waals surface area (Å²) in [7, 11) is 1.63. The van der Waals surface area contributed by atoms with Crippen molar-refractivity contribution < 1.29 is 9.53 Å². The summed E-state index contributed by atoms with van der Waals surface area (Å²) >= 11 is 5.87. The Hall–Kier alpha value is -2.90. The van der Waals surface area contributed by atoms with Gasteiger partial charge < -0.3 is 21.5 Å². The van der Waals surface area contributed by atoms with Crippen molar-refractivity contribution in [3.05, 3.63) is 64.4 Å². The fourth-order valence-electron chi connectivity index (χ4n) is 2.38. The summed E-state index contributed by atoms with van der Waals surface area (Å²) in [6, 6.07) is 9.05. The highest BCUT2D eigenvalue weighted by molar-refractivity contribution is 6.30. The monoisotopic (exact) mass is 401 g/mol. The maximum absolute atomic E-state index is 12.5. The van der Waals surface area contributed by atoms with Crippen LogP contribution >= 0.6 is 11.6 Å². The number of allylic oxidation sites excluding steroid dienone is 1. The Morgan fingerprint density at radius 1 is 1.39 bits per heavy atom. The molecule has 1 unspecified atom stereocenters. The molecule has 0 fully saturated rings. The van der Waals surface area contributed by atoms with Crippen LogP contribution in [0.3, 0.4) is 0 Å². The number of anilines is 1. The first-order chi connectivity index (χ1) is 13.4. The zero-order valence-corrected chi connectivity index (χ0v) is 16.6. The molecule has 5 N–H and O–H groups in total. The molecule has 1 aromatic heterocycles. The molecule has 0 spiro atoms. The maximum Gasteiger partial charge on any atom is 0.255 e. The summed E-state index contributed by atoms with van der Waals surface area (Å²) < 4.78 is 5.75. The second-order valence-electron chi connectivity index (χ2n) is 6.12. The third-order valence-electron chi connectivity index (χ3n) is 3.94. The van der Waals surface area contributed by atoms with Crippen molar-refractivity contribution in [2.24, 2.45) is 10.7 Å². The number of hydrogen-bond acceptors (Lipinski definition) is 6. The largest absolute Gasteiger partial charge is 0.404 e. The average molecular weight is 402 g/mol. The molecule has 2 rings (SSSR count). The summed E-state index contributed by atoms with van der Waals surface area (Å²) in [6.45, 7) is 2.63. The molecule has 7 nitrogen and oxygen atoms in total. The molecule has 2 aromatic rings. The lowest BCUT2D eigenvalue weighted by Crippen LogP contribution is -2.32. The van der Waals surface area contributed by atoms with Gasteiger partial charge in [0, 0.05) is 48.4 Å². The molecule has 0 aliphatic heterocycles. The normalized spacial score (nSPS) is 12.9. The van der Waals surface area contributed by atoms with Gasteiger partial charge in [0.05, 0.1) is 18.3 Å². The van der Waals surface area contributed by atoms with Gasteiger partial charge in [0.25, 0.3) is 5.91 Å². The number of ether oxygens (including phenoxy) is 1. The van der Waals surface area contributed by atoms with Crippen molar-refractivity contribution in [3.63, 3.8) is 0 Å². The lowest BCUT2D eigenvalue weighted by molar-refractivity contribution is 0.0509. The molecular formula is C20H24ClN5O2. The highest BCUT2D eigenvalue weighted by Gasteiger charge is 2.14. The van der Waals surface area contributed by atoms with Crippen molar-refractivity contribution in [3.8, 4) is 0 Å². The minimum Gasteiger partial charge on any atom is -0.404 e. The number of pyridine rings is 1. The molecular weight excluding hydrogens is 378 g/mol. The third kappa shape index (κ3) is 6.07. The van der Waals surface area contributed by atoms with E-state index in [0.717, 1.165) is 5.56 Å². The lowest BCUT2D eigenvalue weighted by atomic mass is 10.1. The van der Waals surface area contributed by atoms with E-state index in [0.29, 0.717) is 29.3 Å². The van der Waals surface area contributed by atoms with Crippen LogP contribution < -0.4 is 16.8 Å². The predicted octanol–water partition coefficient (Wildman–Crippen LogP) is 2.65. The molecule has 148 valence electrons. The quantitative estimate of drug-likeness (QED) is 0.588. The molecule has 0 aliphatic carbocycles. The molecule has 0 radical (unpaired) electrons. The van der Waals surface area contributed by atoms with E-state index in [4.69, 9.17) is 27.8 Å². The average Bonchev–Trinajstić information content (AvgIpc) is 2.70. The number of amides is 1. The van der Waals surface area contributed by atoms with Gasteiger partial charge in [-0.05, 0) is 30.7 Å². The van der Waals surface area contributed by atoms with Crippen molar-refractivity contribution in [2.45, 2.75) is 19.6 Å². The molecule has 0 saturated carbocycles. The van der Waals surface area contributed by atoms with Gasteiger partial charge in [-0.15, -0.1) is 0 Å². The summed E-state index contributed by atoms with van der Waals surface area (Å²) in [5.74, 6) is -0.195. The highest BCUT2D eigenvalue weighted by Crippen LogP contribution is 2.17. The number of hydrogen-bond donors (Lipinski definition) is 3. The second kappa shape index (κ2) is 10.4. The first kappa shape index (κ1) is 21.4. The van der Waals surface area contributed by atoms with Crippen LogP contribution in [0, 0.1) is 0 Å². The number of nitrogen functional groups attached to an aromatic ring is 1. The van der Waals surface area contributed by atoms with E-state index in [9.17, 15) is 4.79 Å². The van der Waals surface area contributed by atoms with Crippen LogP contribution in [-0.4, -0.2) is 36.8 Å². The summed E-state index contributed by atoms with van der Waals surface area (Å²) in [4.78, 5) is 20.5. The maximum atomic E-state index is 12.5. The number of nitrogens with one attached hydrogen (secondary N) is 1. The van der Waals surface area contributed by atoms with Crippen molar-refractivity contribution in [1.82, 2.24) is 10.3 Å². The van der Waals surface area contributed by atoms with E-state index in [1.54, 1.807) is 25.5 Å². The summed E-state index contributed by atoms with van der Waals surface area (Å²) in [5.41, 5.74) is 14.0. The van der Waals surface area contributed by atoms with Crippen LogP contribution in [0.1, 0.15) is 28.4 Å². The zero-order chi connectivity index (χ0) is 20.5. The molecule has 1 amide bonds. The molecule has 1 heterocycles. The first-order valence-corrected chi connectivity index (χ1v) is 9.06. The van der Waals surface area contributed by atoms with E-state index < -0.39 is 0 Å². The van der Waals surface area contributed by atoms with Gasteiger partial charge in [-0.1, -0.05) is 23.7 Å². The number of halogens is 1. The van der Waals surface area contributed by atoms with Crippen LogP contribution in [0.15, 0.2) is 47.7 Å². The van der Waals surface area contributed by atoms with E-state index in [-0.39, 0.29) is 23.4 Å². The van der Waals surface area contributed by atoms with E-state index in [1.807, 2.05) is 31.2 Å². The Bertz CT molecular complexity index is 865. The number of benzene rings is 1. The third-order valence-corrected chi connectivity index (χ3v) is 4.19. The Morgan fingerprint density at radius 2 is 2.11 bits per heavy atom. The molecule has 8 heteroatoms. The fourth-order valence-corrected chi connectivity index (χ4v) is 2.50. The minimum absolute atomic E-state index is 0.140. The van der Waals surface area contributed by atoms with E-state index in [1.165, 1.54) is 6.20 Å². The van der Waals surface area contributed by atoms with Crippen LogP contribution in [-0.2, 0) is 11.3 Å². The molecule has 0 aliphatic rings. The van der Waals surface area contributed by atoms with E-state index >= 15 is 0 Å². The van der Waals surface area contributed by atoms with Crippen LogP contribution in [0.4, 0.5) is 5.82 Å². The van der Waals surface area contributed by atoms with Gasteiger partial charge in [0.15, 0.2) is 0 Å². The Labute approximate surface area is 169 Å². The first-order valence-electron chi connectivity index (χ1n) is 8.68. The number of rotatable bonds is 8. The number of carbonyl (C=O) groups is 1. The van der Waals surface area contributed by atoms with Crippen LogP contribution in [0.5, 0.6) is 0 Å². The zero-order valence-electron chi connectivity index (χ0n) is 15.9. The summed E-state index contributed by atoms with van der Waals surface area (Å²) in [5, 5.41) is 3.49. The van der Waals surface area contributed by atoms with Gasteiger partial charge in [0.1, 0.15) is 5.82 Å². The molecule has 0 saturated heterocycles. The molecule has 1 aromatic carbocycles. The van der Waals surface area contributed by atoms with Crippen molar-refractivity contribution in [1.29, 1.82) is 0 Å². The fraction of sp³-hybridized carbons (Fsp3) is 0.250. The Morgan fingerprint density at radius 3 is 2.75 bits per heavy atom. The summed E-state index contributed by atoms with van der Waals surface area (Å²) in [6.07, 6.45) is 4.34. The van der Waals surface area contributed by atoms with Gasteiger partial charge >= 0.3 is 0 Å². The Kier molecular flexibility index (Phi) is 7.98. The smallest absolute Gasteiger partial charge is 0.255 e. The van der Waals surface area contributed by atoms with Crippen LogP contribution in [0.25, 0.3) is 5.57 Å². The number of aromatic nitrogens is 1. The minimum atomic E-state index is -0.335. The van der Waals surface area contributed by atoms with Crippen molar-refractivity contribution >= 4 is 35.1 Å². The SMILES string of the molecule is CN=CC(=CN)c1cnc(N)c(C(=O)NCC(C)OCc2ccc(Cl)cc2)c1. The molecule has 0 bridgehead atoms. The molecule has 28 heavy (non-hydrogen) atoms. The topological polar surface area (TPSA) is 116 Å². The highest BCUT2D eigenvalue weighted by atomic mass is 35.5. The van der Waals surface area contributed by atoms with Gasteiger partial charge in [0.2, 0.25) is 0 Å². The standard InChI is InChI=1S/C20H24ClN5O2/c1-13(28-12-14-3-5-17(21)6-4-14)9-26-20(27)18-7-15(11-25-19(18)23)16(8-22)10-24-2/h3-8,10-11,13H,9,12,22H2,1-2H3,(H2,23,25)(H,26,27). The van der Waals surface area contributed by atoms with Gasteiger partial charge in [-0.25, -0.2) is 4.98 Å². The number of nitrogens with two attached hydrogens (primary N) is 2. The van der Waals surface area contributed by atoms with Crippen molar-refractivity contribution in [2.75, 3.05) is 19.3 Å². The predicted molar refractivity (Wildman–Crippen MR) is 113 cm³/mol. The second-order valence-corrected chi connectivity index (χ2v) is 6.56. The van der Waals surface area contributed by atoms with Crippen LogP contribution in [0.2, 0.25) is 5.02 Å². The molecule has 1 atom stereocenters. The van der Waals surface area contributed by atoms with Gasteiger partial charge in [-0.2, -0.15) is 0 Å².